The van der Waals surface area contributed by atoms with E-state index >= 15 is 0 Å². The highest BCUT2D eigenvalue weighted by molar-refractivity contribution is 5.99. The van der Waals surface area contributed by atoms with Gasteiger partial charge in [-0.05, 0) is 31.5 Å². The van der Waals surface area contributed by atoms with Gasteiger partial charge in [-0.3, -0.25) is 9.59 Å². The van der Waals surface area contributed by atoms with Gasteiger partial charge in [-0.2, -0.15) is 0 Å². The second-order valence-electron chi connectivity index (χ2n) is 4.56. The smallest absolute Gasteiger partial charge is 0.316 e. The Kier molecular flexibility index (Phi) is 6.19. The molecule has 21 heavy (non-hydrogen) atoms. The van der Waals surface area contributed by atoms with Gasteiger partial charge in [0, 0.05) is 17.8 Å². The topological polar surface area (TPSA) is 113 Å². The highest BCUT2D eigenvalue weighted by Crippen LogP contribution is 2.10. The van der Waals surface area contributed by atoms with Crippen molar-refractivity contribution in [2.24, 2.45) is 5.73 Å². The van der Waals surface area contributed by atoms with Crippen molar-refractivity contribution in [1.82, 2.24) is 10.6 Å². The summed E-state index contributed by atoms with van der Waals surface area (Å²) in [7, 11) is 0. The fourth-order valence-electron chi connectivity index (χ4n) is 1.63. The van der Waals surface area contributed by atoms with Gasteiger partial charge in [-0.25, -0.2) is 4.79 Å². The molecule has 1 atom stereocenters. The van der Waals surface area contributed by atoms with Crippen LogP contribution >= 0.6 is 0 Å². The molecule has 4 amide bonds. The number of nitrogens with one attached hydrogen (secondary N) is 3. The van der Waals surface area contributed by atoms with Crippen LogP contribution in [0.4, 0.5) is 10.5 Å². The Morgan fingerprint density at radius 3 is 2.62 bits per heavy atom. The molecule has 5 N–H and O–H groups in total. The minimum Gasteiger partial charge on any atom is -0.354 e. The largest absolute Gasteiger partial charge is 0.354 e. The molecule has 114 valence electrons. The van der Waals surface area contributed by atoms with Gasteiger partial charge < -0.3 is 21.7 Å². The molecule has 0 spiro atoms. The second-order valence-corrected chi connectivity index (χ2v) is 4.56. The minimum absolute atomic E-state index is 0.239. The normalized spacial score (nSPS) is 11.3. The summed E-state index contributed by atoms with van der Waals surface area (Å²) in [5.74, 6) is -0.640. The second kappa shape index (κ2) is 7.88. The van der Waals surface area contributed by atoms with E-state index in [0.717, 1.165) is 6.42 Å². The molecule has 0 aliphatic rings. The Hall–Kier alpha value is -2.57. The zero-order chi connectivity index (χ0) is 15.8. The first kappa shape index (κ1) is 16.5. The molecule has 0 aliphatic carbocycles. The van der Waals surface area contributed by atoms with E-state index in [1.807, 2.05) is 6.92 Å². The number of hydrogen-bond acceptors (Lipinski definition) is 3. The van der Waals surface area contributed by atoms with Crippen LogP contribution in [0.5, 0.6) is 0 Å². The third kappa shape index (κ3) is 5.52. The highest BCUT2D eigenvalue weighted by Gasteiger charge is 2.16. The van der Waals surface area contributed by atoms with E-state index in [2.05, 4.69) is 16.0 Å². The standard InChI is InChI=1S/C14H20N4O3/c1-3-7-16-12(19)9(2)17-13(20)10-5-4-6-11(8-10)18-14(15)21/h4-6,8-9H,3,7H2,1-2H3,(H,16,19)(H,17,20)(H3,15,18,21)/t9-/m1/s1. The first-order chi connectivity index (χ1) is 9.93. The van der Waals surface area contributed by atoms with Crippen LogP contribution in [0.1, 0.15) is 30.6 Å². The third-order valence-corrected chi connectivity index (χ3v) is 2.68. The van der Waals surface area contributed by atoms with E-state index in [1.165, 1.54) is 6.07 Å². The summed E-state index contributed by atoms with van der Waals surface area (Å²) in [5.41, 5.74) is 5.76. The van der Waals surface area contributed by atoms with Crippen LogP contribution in [0.2, 0.25) is 0 Å². The maximum absolute atomic E-state index is 12.0. The molecule has 0 aromatic heterocycles. The van der Waals surface area contributed by atoms with Gasteiger partial charge in [-0.15, -0.1) is 0 Å². The lowest BCUT2D eigenvalue weighted by atomic mass is 10.1. The molecule has 1 aromatic carbocycles. The van der Waals surface area contributed by atoms with E-state index in [1.54, 1.807) is 25.1 Å². The molecular weight excluding hydrogens is 272 g/mol. The molecule has 0 aliphatic heterocycles. The molecule has 0 unspecified atom stereocenters. The number of rotatable bonds is 6. The molecule has 0 fully saturated rings. The average molecular weight is 292 g/mol. The van der Waals surface area contributed by atoms with Crippen molar-refractivity contribution in [3.05, 3.63) is 29.8 Å². The van der Waals surface area contributed by atoms with Gasteiger partial charge in [0.15, 0.2) is 0 Å². The monoisotopic (exact) mass is 292 g/mol. The van der Waals surface area contributed by atoms with Gasteiger partial charge in [0.1, 0.15) is 6.04 Å². The van der Waals surface area contributed by atoms with Crippen molar-refractivity contribution in [3.8, 4) is 0 Å². The van der Waals surface area contributed by atoms with Gasteiger partial charge in [0.2, 0.25) is 5.91 Å². The SMILES string of the molecule is CCCNC(=O)[C@@H](C)NC(=O)c1cccc(NC(N)=O)c1. The summed E-state index contributed by atoms with van der Waals surface area (Å²) in [4.78, 5) is 34.5. The highest BCUT2D eigenvalue weighted by atomic mass is 16.2. The molecule has 7 heteroatoms. The number of nitrogens with two attached hydrogens (primary N) is 1. The summed E-state index contributed by atoms with van der Waals surface area (Å²) in [5, 5.41) is 7.67. The van der Waals surface area contributed by atoms with Gasteiger partial charge in [0.25, 0.3) is 5.91 Å². The number of carbonyl (C=O) groups excluding carboxylic acids is 3. The first-order valence-electron chi connectivity index (χ1n) is 6.69. The lowest BCUT2D eigenvalue weighted by Gasteiger charge is -2.14. The summed E-state index contributed by atoms with van der Waals surface area (Å²) < 4.78 is 0. The number of hydrogen-bond donors (Lipinski definition) is 4. The molecule has 0 radical (unpaired) electrons. The number of primary amides is 1. The van der Waals surface area contributed by atoms with Crippen LogP contribution in [-0.2, 0) is 4.79 Å². The van der Waals surface area contributed by atoms with Crippen LogP contribution in [0, 0.1) is 0 Å². The van der Waals surface area contributed by atoms with Gasteiger partial charge in [-0.1, -0.05) is 13.0 Å². The fraction of sp³-hybridized carbons (Fsp3) is 0.357. The van der Waals surface area contributed by atoms with Crippen LogP contribution in [-0.4, -0.2) is 30.4 Å². The van der Waals surface area contributed by atoms with Gasteiger partial charge >= 0.3 is 6.03 Å². The number of amides is 4. The van der Waals surface area contributed by atoms with Crippen molar-refractivity contribution in [1.29, 1.82) is 0 Å². The van der Waals surface area contributed by atoms with Crippen LogP contribution in [0.3, 0.4) is 0 Å². The third-order valence-electron chi connectivity index (χ3n) is 2.68. The van der Waals surface area contributed by atoms with Crippen LogP contribution < -0.4 is 21.7 Å². The Balaban J connectivity index is 2.66. The van der Waals surface area contributed by atoms with E-state index in [-0.39, 0.29) is 5.91 Å². The first-order valence-corrected chi connectivity index (χ1v) is 6.69. The maximum Gasteiger partial charge on any atom is 0.316 e. The van der Waals surface area contributed by atoms with Crippen LogP contribution in [0.15, 0.2) is 24.3 Å². The van der Waals surface area contributed by atoms with E-state index in [9.17, 15) is 14.4 Å². The predicted octanol–water partition coefficient (Wildman–Crippen LogP) is 0.822. The lowest BCUT2D eigenvalue weighted by Crippen LogP contribution is -2.45. The average Bonchev–Trinajstić information content (AvgIpc) is 2.44. The minimum atomic E-state index is -0.708. The van der Waals surface area contributed by atoms with E-state index < -0.39 is 18.0 Å². The molecule has 7 nitrogen and oxygen atoms in total. The van der Waals surface area contributed by atoms with Gasteiger partial charge in [0.05, 0.1) is 0 Å². The molecule has 0 heterocycles. The number of benzene rings is 1. The van der Waals surface area contributed by atoms with Crippen molar-refractivity contribution < 1.29 is 14.4 Å². The van der Waals surface area contributed by atoms with E-state index in [4.69, 9.17) is 5.73 Å². The van der Waals surface area contributed by atoms with Crippen LogP contribution in [0.25, 0.3) is 0 Å². The zero-order valence-electron chi connectivity index (χ0n) is 12.1. The van der Waals surface area contributed by atoms with E-state index in [0.29, 0.717) is 17.8 Å². The fourth-order valence-corrected chi connectivity index (χ4v) is 1.63. The summed E-state index contributed by atoms with van der Waals surface area (Å²) in [6.45, 7) is 4.12. The summed E-state index contributed by atoms with van der Waals surface area (Å²) >= 11 is 0. The molecule has 0 bridgehead atoms. The predicted molar refractivity (Wildman–Crippen MR) is 79.9 cm³/mol. The number of carbonyl (C=O) groups is 3. The molecule has 1 rings (SSSR count). The molecule has 0 saturated heterocycles. The Morgan fingerprint density at radius 2 is 2.00 bits per heavy atom. The zero-order valence-corrected chi connectivity index (χ0v) is 12.1. The van der Waals surface area contributed by atoms with Crippen molar-refractivity contribution >= 4 is 23.5 Å². The quantitative estimate of drug-likeness (QED) is 0.622. The lowest BCUT2D eigenvalue weighted by molar-refractivity contribution is -0.122. The van der Waals surface area contributed by atoms with Crippen molar-refractivity contribution in [2.75, 3.05) is 11.9 Å². The summed E-state index contributed by atoms with van der Waals surface area (Å²) in [6.07, 6.45) is 0.827. The molecular formula is C14H20N4O3. The Morgan fingerprint density at radius 1 is 1.29 bits per heavy atom. The Labute approximate surface area is 123 Å². The van der Waals surface area contributed by atoms with Crippen molar-refractivity contribution in [2.45, 2.75) is 26.3 Å². The number of urea groups is 1. The van der Waals surface area contributed by atoms with Crippen molar-refractivity contribution in [3.63, 3.8) is 0 Å². The maximum atomic E-state index is 12.0. The Bertz CT molecular complexity index is 531. The molecule has 0 saturated carbocycles. The molecule has 1 aromatic rings. The number of anilines is 1. The summed E-state index contributed by atoms with van der Waals surface area (Å²) in [6, 6.07) is 4.94.